The third-order valence-corrected chi connectivity index (χ3v) is 3.11. The minimum absolute atomic E-state index is 0.0184. The van der Waals surface area contributed by atoms with Crippen molar-refractivity contribution in [3.8, 4) is 11.5 Å². The molecule has 5 nitrogen and oxygen atoms in total. The Morgan fingerprint density at radius 3 is 2.79 bits per heavy atom. The van der Waals surface area contributed by atoms with Crippen LogP contribution in [0.5, 0.6) is 11.5 Å². The Labute approximate surface area is 113 Å². The van der Waals surface area contributed by atoms with Gasteiger partial charge in [0.25, 0.3) is 0 Å². The van der Waals surface area contributed by atoms with E-state index in [2.05, 4.69) is 0 Å². The average Bonchev–Trinajstić information content (AvgIpc) is 2.43. The molecule has 0 bridgehead atoms. The number of rotatable bonds is 4. The molecular formula is C14H20N2O3. The highest BCUT2D eigenvalue weighted by molar-refractivity contribution is 5.78. The van der Waals surface area contributed by atoms with Gasteiger partial charge in [0, 0.05) is 18.2 Å². The van der Waals surface area contributed by atoms with Crippen molar-refractivity contribution in [3.63, 3.8) is 0 Å². The Balaban J connectivity index is 2.24. The van der Waals surface area contributed by atoms with Crippen LogP contribution in [-0.4, -0.2) is 36.6 Å². The van der Waals surface area contributed by atoms with Crippen molar-refractivity contribution < 1.29 is 14.3 Å². The zero-order valence-corrected chi connectivity index (χ0v) is 11.4. The molecule has 104 valence electrons. The van der Waals surface area contributed by atoms with E-state index in [0.717, 1.165) is 17.1 Å². The number of para-hydroxylation sites is 1. The second-order valence-corrected chi connectivity index (χ2v) is 4.76. The standard InChI is InChI=1S/C14H20N2O3/c1-10(2)16(13(17)8-15)9-11-4-3-5-12-14(11)19-7-6-18-12/h3-5,10H,6-9,15H2,1-2H3. The van der Waals surface area contributed by atoms with Crippen molar-refractivity contribution in [1.82, 2.24) is 4.90 Å². The van der Waals surface area contributed by atoms with Gasteiger partial charge < -0.3 is 20.1 Å². The van der Waals surface area contributed by atoms with Crippen molar-refractivity contribution in [2.45, 2.75) is 26.4 Å². The molecule has 2 N–H and O–H groups in total. The molecule has 0 aromatic heterocycles. The fourth-order valence-electron chi connectivity index (χ4n) is 2.12. The number of benzene rings is 1. The number of nitrogens with two attached hydrogens (primary N) is 1. The molecule has 0 saturated heterocycles. The summed E-state index contributed by atoms with van der Waals surface area (Å²) in [4.78, 5) is 13.6. The zero-order chi connectivity index (χ0) is 13.8. The normalized spacial score (nSPS) is 13.5. The predicted octanol–water partition coefficient (Wildman–Crippen LogP) is 1.15. The molecular weight excluding hydrogens is 244 g/mol. The Hall–Kier alpha value is -1.75. The summed E-state index contributed by atoms with van der Waals surface area (Å²) in [5, 5.41) is 0. The molecule has 2 rings (SSSR count). The second-order valence-electron chi connectivity index (χ2n) is 4.76. The first-order valence-corrected chi connectivity index (χ1v) is 6.50. The van der Waals surface area contributed by atoms with E-state index in [4.69, 9.17) is 15.2 Å². The average molecular weight is 264 g/mol. The molecule has 5 heteroatoms. The van der Waals surface area contributed by atoms with Crippen molar-refractivity contribution in [2.24, 2.45) is 5.73 Å². The molecule has 0 unspecified atom stereocenters. The molecule has 0 spiro atoms. The molecule has 0 aliphatic carbocycles. The van der Waals surface area contributed by atoms with Gasteiger partial charge in [0.2, 0.25) is 5.91 Å². The van der Waals surface area contributed by atoms with Gasteiger partial charge in [-0.05, 0) is 19.9 Å². The first kappa shape index (κ1) is 13.7. The van der Waals surface area contributed by atoms with E-state index in [1.807, 2.05) is 32.0 Å². The lowest BCUT2D eigenvalue weighted by atomic mass is 10.1. The Bertz CT molecular complexity index is 460. The monoisotopic (exact) mass is 264 g/mol. The lowest BCUT2D eigenvalue weighted by molar-refractivity contribution is -0.132. The van der Waals surface area contributed by atoms with Crippen LogP contribution in [-0.2, 0) is 11.3 Å². The van der Waals surface area contributed by atoms with Gasteiger partial charge in [0.05, 0.1) is 6.54 Å². The molecule has 0 fully saturated rings. The van der Waals surface area contributed by atoms with E-state index in [0.29, 0.717) is 19.8 Å². The summed E-state index contributed by atoms with van der Waals surface area (Å²) < 4.78 is 11.2. The molecule has 0 radical (unpaired) electrons. The van der Waals surface area contributed by atoms with Crippen molar-refractivity contribution in [3.05, 3.63) is 23.8 Å². The molecule has 1 aromatic carbocycles. The number of amides is 1. The Kier molecular flexibility index (Phi) is 4.27. The maximum Gasteiger partial charge on any atom is 0.236 e. The van der Waals surface area contributed by atoms with Crippen LogP contribution in [0, 0.1) is 0 Å². The van der Waals surface area contributed by atoms with Crippen LogP contribution in [0.25, 0.3) is 0 Å². The summed E-state index contributed by atoms with van der Waals surface area (Å²) >= 11 is 0. The van der Waals surface area contributed by atoms with Gasteiger partial charge in [-0.2, -0.15) is 0 Å². The number of carbonyl (C=O) groups is 1. The maximum atomic E-state index is 11.9. The van der Waals surface area contributed by atoms with Crippen LogP contribution in [0.4, 0.5) is 0 Å². The van der Waals surface area contributed by atoms with Gasteiger partial charge in [-0.15, -0.1) is 0 Å². The van der Waals surface area contributed by atoms with E-state index < -0.39 is 0 Å². The SMILES string of the molecule is CC(C)N(Cc1cccc2c1OCCO2)C(=O)CN. The van der Waals surface area contributed by atoms with Crippen molar-refractivity contribution >= 4 is 5.91 Å². The first-order chi connectivity index (χ1) is 9.13. The molecule has 0 atom stereocenters. The van der Waals surface area contributed by atoms with E-state index in [9.17, 15) is 4.79 Å². The van der Waals surface area contributed by atoms with Crippen LogP contribution in [0.1, 0.15) is 19.4 Å². The highest BCUT2D eigenvalue weighted by Crippen LogP contribution is 2.34. The van der Waals surface area contributed by atoms with Gasteiger partial charge in [-0.3, -0.25) is 4.79 Å². The predicted molar refractivity (Wildman–Crippen MR) is 72.2 cm³/mol. The summed E-state index contributed by atoms with van der Waals surface area (Å²) in [5.74, 6) is 1.42. The zero-order valence-electron chi connectivity index (χ0n) is 11.4. The molecule has 1 aromatic rings. The van der Waals surface area contributed by atoms with Crippen molar-refractivity contribution in [1.29, 1.82) is 0 Å². The highest BCUT2D eigenvalue weighted by atomic mass is 16.6. The number of hydrogen-bond acceptors (Lipinski definition) is 4. The number of ether oxygens (including phenoxy) is 2. The Morgan fingerprint density at radius 1 is 1.37 bits per heavy atom. The van der Waals surface area contributed by atoms with Gasteiger partial charge in [-0.1, -0.05) is 12.1 Å². The largest absolute Gasteiger partial charge is 0.486 e. The van der Waals surface area contributed by atoms with E-state index >= 15 is 0 Å². The summed E-state index contributed by atoms with van der Waals surface area (Å²) in [6.07, 6.45) is 0. The smallest absolute Gasteiger partial charge is 0.236 e. The number of nitrogens with zero attached hydrogens (tertiary/aromatic N) is 1. The van der Waals surface area contributed by atoms with E-state index in [1.54, 1.807) is 4.90 Å². The number of hydrogen-bond donors (Lipinski definition) is 1. The highest BCUT2D eigenvalue weighted by Gasteiger charge is 2.21. The second kappa shape index (κ2) is 5.93. The molecule has 19 heavy (non-hydrogen) atoms. The van der Waals surface area contributed by atoms with Crippen molar-refractivity contribution in [2.75, 3.05) is 19.8 Å². The molecule has 1 aliphatic heterocycles. The third kappa shape index (κ3) is 2.98. The molecule has 0 saturated carbocycles. The lowest BCUT2D eigenvalue weighted by Crippen LogP contribution is -2.40. The summed E-state index contributed by atoms with van der Waals surface area (Å²) in [6.45, 7) is 5.55. The summed E-state index contributed by atoms with van der Waals surface area (Å²) in [5.41, 5.74) is 6.41. The quantitative estimate of drug-likeness (QED) is 0.886. The summed E-state index contributed by atoms with van der Waals surface area (Å²) in [7, 11) is 0. The number of fused-ring (bicyclic) bond motifs is 1. The lowest BCUT2D eigenvalue weighted by Gasteiger charge is -2.28. The third-order valence-electron chi connectivity index (χ3n) is 3.11. The van der Waals surface area contributed by atoms with Crippen LogP contribution < -0.4 is 15.2 Å². The fourth-order valence-corrected chi connectivity index (χ4v) is 2.12. The van der Waals surface area contributed by atoms with E-state index in [-0.39, 0.29) is 18.5 Å². The molecule has 1 amide bonds. The van der Waals surface area contributed by atoms with Crippen LogP contribution in [0.15, 0.2) is 18.2 Å². The van der Waals surface area contributed by atoms with Crippen LogP contribution >= 0.6 is 0 Å². The minimum Gasteiger partial charge on any atom is -0.486 e. The van der Waals surface area contributed by atoms with Crippen LogP contribution in [0.3, 0.4) is 0 Å². The summed E-state index contributed by atoms with van der Waals surface area (Å²) in [6, 6.07) is 5.83. The molecule has 1 heterocycles. The molecule has 1 aliphatic rings. The Morgan fingerprint density at radius 2 is 2.11 bits per heavy atom. The van der Waals surface area contributed by atoms with Gasteiger partial charge in [0.15, 0.2) is 11.5 Å². The number of carbonyl (C=O) groups excluding carboxylic acids is 1. The topological polar surface area (TPSA) is 64.8 Å². The first-order valence-electron chi connectivity index (χ1n) is 6.50. The maximum absolute atomic E-state index is 11.9. The van der Waals surface area contributed by atoms with Crippen LogP contribution in [0.2, 0.25) is 0 Å². The fraction of sp³-hybridized carbons (Fsp3) is 0.500. The minimum atomic E-state index is -0.0654. The van der Waals surface area contributed by atoms with Gasteiger partial charge in [0.1, 0.15) is 13.2 Å². The van der Waals surface area contributed by atoms with E-state index in [1.165, 1.54) is 0 Å². The van der Waals surface area contributed by atoms with Gasteiger partial charge in [-0.25, -0.2) is 0 Å². The van der Waals surface area contributed by atoms with Gasteiger partial charge >= 0.3 is 0 Å².